The number of thioether (sulfide) groups is 1. The molecule has 0 saturated carbocycles. The molecule has 1 aromatic heterocycles. The zero-order valence-electron chi connectivity index (χ0n) is 19.5. The second-order valence-corrected chi connectivity index (χ2v) is 9.73. The summed E-state index contributed by atoms with van der Waals surface area (Å²) in [4.78, 5) is 19.6. The molecule has 1 N–H and O–H groups in total. The summed E-state index contributed by atoms with van der Waals surface area (Å²) in [6, 6.07) is 14.3. The molecule has 0 atom stereocenters. The zero-order valence-corrected chi connectivity index (χ0v) is 20.3. The summed E-state index contributed by atoms with van der Waals surface area (Å²) in [6.07, 6.45) is 6.54. The third-order valence-electron chi connectivity index (χ3n) is 6.17. The molecular weight excluding hydrogens is 444 g/mol. The van der Waals surface area contributed by atoms with Crippen LogP contribution in [0, 0.1) is 19.3 Å². The van der Waals surface area contributed by atoms with Crippen LogP contribution in [0.1, 0.15) is 30.0 Å². The van der Waals surface area contributed by atoms with Gasteiger partial charge in [0.1, 0.15) is 11.6 Å². The topological polar surface area (TPSA) is 70.7 Å². The monoisotopic (exact) mass is 470 g/mol. The quantitative estimate of drug-likeness (QED) is 0.360. The van der Waals surface area contributed by atoms with Crippen LogP contribution in [0.2, 0.25) is 0 Å². The van der Waals surface area contributed by atoms with Gasteiger partial charge in [-0.05, 0) is 56.5 Å². The van der Waals surface area contributed by atoms with Crippen molar-refractivity contribution in [1.82, 2.24) is 9.47 Å². The fraction of sp³-hybridized carbons (Fsp3) is 0.222. The highest BCUT2D eigenvalue weighted by molar-refractivity contribution is 8.17. The van der Waals surface area contributed by atoms with E-state index in [0.29, 0.717) is 17.3 Å². The first-order valence-electron chi connectivity index (χ1n) is 11.3. The number of fused-ring (bicyclic) bond motifs is 2. The Morgan fingerprint density at radius 3 is 2.79 bits per heavy atom. The van der Waals surface area contributed by atoms with Crippen molar-refractivity contribution in [3.63, 3.8) is 0 Å². The number of rotatable bonds is 6. The van der Waals surface area contributed by atoms with Crippen molar-refractivity contribution >= 4 is 45.7 Å². The summed E-state index contributed by atoms with van der Waals surface area (Å²) in [7, 11) is 0. The molecular formula is C27H26N4O2S. The highest BCUT2D eigenvalue weighted by Crippen LogP contribution is 2.33. The summed E-state index contributed by atoms with van der Waals surface area (Å²) in [5, 5.41) is 10.2. The van der Waals surface area contributed by atoms with Gasteiger partial charge in [-0.15, -0.1) is 0 Å². The van der Waals surface area contributed by atoms with Crippen LogP contribution >= 0.6 is 11.8 Å². The number of aryl methyl sites for hydroxylation is 2. The molecule has 0 aliphatic carbocycles. The Morgan fingerprint density at radius 1 is 1.12 bits per heavy atom. The van der Waals surface area contributed by atoms with E-state index in [0.717, 1.165) is 40.1 Å². The predicted molar refractivity (Wildman–Crippen MR) is 139 cm³/mol. The minimum Gasteiger partial charge on any atom is -0.493 e. The van der Waals surface area contributed by atoms with Gasteiger partial charge >= 0.3 is 0 Å². The van der Waals surface area contributed by atoms with E-state index in [1.165, 1.54) is 22.9 Å². The Bertz CT molecular complexity index is 1410. The number of carbonyl (C=O) groups excluding carboxylic acids is 1. The van der Waals surface area contributed by atoms with Gasteiger partial charge < -0.3 is 9.30 Å². The highest BCUT2D eigenvalue weighted by Gasteiger charge is 2.33. The number of benzene rings is 2. The number of hydrogen-bond donors (Lipinski definition) is 1. The van der Waals surface area contributed by atoms with Crippen molar-refractivity contribution in [2.24, 2.45) is 4.99 Å². The number of nitrogens with zero attached hydrogens (tertiary/aromatic N) is 3. The van der Waals surface area contributed by atoms with Crippen LogP contribution in [0.3, 0.4) is 0 Å². The molecule has 0 unspecified atom stereocenters. The Balaban J connectivity index is 1.37. The molecule has 3 aromatic rings. The van der Waals surface area contributed by atoms with Crippen LogP contribution in [-0.2, 0) is 11.3 Å². The molecule has 5 rings (SSSR count). The van der Waals surface area contributed by atoms with Gasteiger partial charge in [0, 0.05) is 40.3 Å². The molecule has 3 heterocycles. The smallest absolute Gasteiger partial charge is 0.283 e. The molecule has 0 bridgehead atoms. The second kappa shape index (κ2) is 8.99. The highest BCUT2D eigenvalue weighted by atomic mass is 32.2. The largest absolute Gasteiger partial charge is 0.493 e. The molecule has 2 aliphatic rings. The van der Waals surface area contributed by atoms with Crippen molar-refractivity contribution in [1.29, 1.82) is 5.41 Å². The van der Waals surface area contributed by atoms with Gasteiger partial charge in [0.2, 0.25) is 0 Å². The maximum absolute atomic E-state index is 12.7. The van der Waals surface area contributed by atoms with Gasteiger partial charge in [-0.3, -0.25) is 15.1 Å². The number of hydrogen-bond acceptors (Lipinski definition) is 4. The average Bonchev–Trinajstić information content (AvgIpc) is 3.37. The minimum absolute atomic E-state index is 0.165. The van der Waals surface area contributed by atoms with Crippen molar-refractivity contribution in [3.05, 3.63) is 82.0 Å². The summed E-state index contributed by atoms with van der Waals surface area (Å²) >= 11 is 1.42. The average molecular weight is 471 g/mol. The van der Waals surface area contributed by atoms with E-state index in [4.69, 9.17) is 10.1 Å². The lowest BCUT2D eigenvalue weighted by molar-refractivity contribution is -0.114. The van der Waals surface area contributed by atoms with Crippen LogP contribution in [0.15, 0.2) is 70.3 Å². The van der Waals surface area contributed by atoms with Gasteiger partial charge in [-0.25, -0.2) is 0 Å². The van der Waals surface area contributed by atoms with Crippen molar-refractivity contribution < 1.29 is 9.53 Å². The maximum atomic E-state index is 12.7. The van der Waals surface area contributed by atoms with E-state index in [2.05, 4.69) is 41.7 Å². The standard InChI is InChI=1S/C27H26N4O2S/c1-17-8-6-11-24(19(17)3)33-13-7-12-30-16-20(21-9-4-5-10-23(21)30)14-22-25(28)31-15-18(2)34-27(31)29-26(22)32/h4-6,8-11,14-16,28H,7,12-13H2,1-3H3/b22-14-,28-25?. The van der Waals surface area contributed by atoms with E-state index in [9.17, 15) is 4.79 Å². The maximum Gasteiger partial charge on any atom is 0.283 e. The fourth-order valence-electron chi connectivity index (χ4n) is 4.23. The number of aromatic nitrogens is 1. The van der Waals surface area contributed by atoms with Crippen LogP contribution in [0.4, 0.5) is 0 Å². The minimum atomic E-state index is -0.370. The summed E-state index contributed by atoms with van der Waals surface area (Å²) in [5.41, 5.74) is 4.70. The van der Waals surface area contributed by atoms with E-state index in [1.807, 2.05) is 43.5 Å². The van der Waals surface area contributed by atoms with Crippen molar-refractivity contribution in [2.75, 3.05) is 6.61 Å². The number of allylic oxidation sites excluding steroid dienone is 1. The number of ether oxygens (including phenoxy) is 1. The first-order valence-corrected chi connectivity index (χ1v) is 12.1. The third-order valence-corrected chi connectivity index (χ3v) is 7.07. The predicted octanol–water partition coefficient (Wildman–Crippen LogP) is 5.89. The Labute approximate surface area is 203 Å². The molecule has 6 nitrogen and oxygen atoms in total. The van der Waals surface area contributed by atoms with Crippen molar-refractivity contribution in [3.8, 4) is 5.75 Å². The molecule has 0 fully saturated rings. The summed E-state index contributed by atoms with van der Waals surface area (Å²) < 4.78 is 8.22. The zero-order chi connectivity index (χ0) is 23.8. The Kier molecular flexibility index (Phi) is 5.87. The van der Waals surface area contributed by atoms with Gasteiger partial charge in [-0.2, -0.15) is 4.99 Å². The Morgan fingerprint density at radius 2 is 1.94 bits per heavy atom. The summed E-state index contributed by atoms with van der Waals surface area (Å²) in [6.45, 7) is 7.52. The van der Waals surface area contributed by atoms with Gasteiger partial charge in [-0.1, -0.05) is 42.1 Å². The molecule has 2 aromatic carbocycles. The lowest BCUT2D eigenvalue weighted by Crippen LogP contribution is -2.35. The first kappa shape index (κ1) is 22.2. The molecule has 172 valence electrons. The van der Waals surface area contributed by atoms with Gasteiger partial charge in [0.15, 0.2) is 5.17 Å². The third kappa shape index (κ3) is 4.07. The van der Waals surface area contributed by atoms with Crippen molar-refractivity contribution in [2.45, 2.75) is 33.7 Å². The molecule has 0 radical (unpaired) electrons. The number of para-hydroxylation sites is 1. The lowest BCUT2D eigenvalue weighted by Gasteiger charge is -2.22. The molecule has 0 saturated heterocycles. The molecule has 34 heavy (non-hydrogen) atoms. The van der Waals surface area contributed by atoms with E-state index in [-0.39, 0.29) is 11.7 Å². The van der Waals surface area contributed by atoms with Crippen LogP contribution in [-0.4, -0.2) is 33.0 Å². The van der Waals surface area contributed by atoms with Gasteiger partial charge in [0.05, 0.1) is 12.2 Å². The first-order chi connectivity index (χ1) is 16.4. The molecule has 1 amide bonds. The van der Waals surface area contributed by atoms with Crippen LogP contribution in [0.5, 0.6) is 5.75 Å². The second-order valence-electron chi connectivity index (χ2n) is 8.51. The lowest BCUT2D eigenvalue weighted by atomic mass is 10.1. The van der Waals surface area contributed by atoms with E-state index >= 15 is 0 Å². The normalized spacial score (nSPS) is 16.8. The van der Waals surface area contributed by atoms with E-state index in [1.54, 1.807) is 11.0 Å². The fourth-order valence-corrected chi connectivity index (χ4v) is 5.05. The number of amides is 1. The number of aliphatic imine (C=N–C) groups is 1. The number of carbonyl (C=O) groups is 1. The molecule has 7 heteroatoms. The molecule has 2 aliphatic heterocycles. The number of amidine groups is 2. The van der Waals surface area contributed by atoms with Gasteiger partial charge in [0.25, 0.3) is 5.91 Å². The summed E-state index contributed by atoms with van der Waals surface area (Å²) in [5.74, 6) is 0.727. The Hall–Kier alpha value is -3.58. The van der Waals surface area contributed by atoms with Crippen LogP contribution < -0.4 is 4.74 Å². The van der Waals surface area contributed by atoms with E-state index < -0.39 is 0 Å². The SMILES string of the molecule is CC1=CN2C(=N)/C(=C/c3cn(CCCOc4cccc(C)c4C)c4ccccc34)C(=O)N=C2S1. The number of nitrogens with one attached hydrogen (secondary N) is 1. The molecule has 0 spiro atoms. The van der Waals surface area contributed by atoms with Crippen LogP contribution in [0.25, 0.3) is 17.0 Å².